The van der Waals surface area contributed by atoms with Crippen LogP contribution in [0.1, 0.15) is 18.1 Å². The summed E-state index contributed by atoms with van der Waals surface area (Å²) in [5, 5.41) is 7.00. The number of benzene rings is 1. The molecule has 1 aromatic carbocycles. The van der Waals surface area contributed by atoms with Crippen LogP contribution in [0.3, 0.4) is 0 Å². The van der Waals surface area contributed by atoms with E-state index in [1.807, 2.05) is 19.1 Å². The van der Waals surface area contributed by atoms with Crippen molar-refractivity contribution in [1.82, 2.24) is 0 Å². The van der Waals surface area contributed by atoms with Crippen LogP contribution in [0, 0.1) is 18.8 Å². The lowest BCUT2D eigenvalue weighted by molar-refractivity contribution is 0.399. The lowest BCUT2D eigenvalue weighted by Gasteiger charge is -1.90. The highest BCUT2D eigenvalue weighted by Gasteiger charge is 1.83. The SMILES string of the molecule is CC#Cc1ccc(C)cc1.CO. The number of aliphatic hydroxyl groups excluding tert-OH is 1. The van der Waals surface area contributed by atoms with E-state index in [2.05, 4.69) is 30.9 Å². The van der Waals surface area contributed by atoms with Crippen molar-refractivity contribution in [2.75, 3.05) is 7.11 Å². The lowest BCUT2D eigenvalue weighted by Crippen LogP contribution is -1.73. The first kappa shape index (κ1) is 10.7. The Hall–Kier alpha value is -1.26. The summed E-state index contributed by atoms with van der Waals surface area (Å²) in [4.78, 5) is 0. The Bertz CT molecular complexity index is 261. The summed E-state index contributed by atoms with van der Waals surface area (Å²) in [6.07, 6.45) is 0. The second-order valence-corrected chi connectivity index (χ2v) is 2.24. The van der Waals surface area contributed by atoms with Gasteiger partial charge in [-0.2, -0.15) is 0 Å². The molecule has 12 heavy (non-hydrogen) atoms. The number of aryl methyl sites for hydroxylation is 1. The molecule has 64 valence electrons. The van der Waals surface area contributed by atoms with Crippen LogP contribution in [0.5, 0.6) is 0 Å². The second kappa shape index (κ2) is 6.45. The van der Waals surface area contributed by atoms with Gasteiger partial charge in [0.15, 0.2) is 0 Å². The maximum atomic E-state index is 7.00. The van der Waals surface area contributed by atoms with E-state index in [4.69, 9.17) is 5.11 Å². The molecule has 1 N–H and O–H groups in total. The molecule has 0 fully saturated rings. The van der Waals surface area contributed by atoms with E-state index in [0.717, 1.165) is 12.7 Å². The Balaban J connectivity index is 0.000000561. The molecule has 1 rings (SSSR count). The molecule has 0 heterocycles. The van der Waals surface area contributed by atoms with Crippen LogP contribution >= 0.6 is 0 Å². The number of hydrogen-bond donors (Lipinski definition) is 1. The minimum absolute atomic E-state index is 1.00. The van der Waals surface area contributed by atoms with E-state index in [1.165, 1.54) is 5.56 Å². The molecule has 0 unspecified atom stereocenters. The minimum Gasteiger partial charge on any atom is -0.400 e. The lowest BCUT2D eigenvalue weighted by atomic mass is 10.2. The monoisotopic (exact) mass is 162 g/mol. The fraction of sp³-hybridized carbons (Fsp3) is 0.273. The van der Waals surface area contributed by atoms with Crippen LogP contribution in [0.2, 0.25) is 0 Å². The summed E-state index contributed by atoms with van der Waals surface area (Å²) < 4.78 is 0. The smallest absolute Gasteiger partial charge is 0.0319 e. The van der Waals surface area contributed by atoms with Gasteiger partial charge in [0, 0.05) is 12.7 Å². The van der Waals surface area contributed by atoms with Gasteiger partial charge in [0.25, 0.3) is 0 Å². The summed E-state index contributed by atoms with van der Waals surface area (Å²) in [6.45, 7) is 3.92. The van der Waals surface area contributed by atoms with Gasteiger partial charge < -0.3 is 5.11 Å². The van der Waals surface area contributed by atoms with Crippen molar-refractivity contribution in [1.29, 1.82) is 0 Å². The topological polar surface area (TPSA) is 20.2 Å². The summed E-state index contributed by atoms with van der Waals surface area (Å²) in [5.74, 6) is 5.84. The second-order valence-electron chi connectivity index (χ2n) is 2.24. The van der Waals surface area contributed by atoms with Crippen LogP contribution in [0.4, 0.5) is 0 Å². The van der Waals surface area contributed by atoms with Crippen molar-refractivity contribution in [3.05, 3.63) is 35.4 Å². The molecule has 1 heteroatoms. The average Bonchev–Trinajstić information content (AvgIpc) is 2.13. The van der Waals surface area contributed by atoms with Crippen LogP contribution in [0.15, 0.2) is 24.3 Å². The Kier molecular flexibility index (Phi) is 5.77. The van der Waals surface area contributed by atoms with Gasteiger partial charge in [-0.05, 0) is 26.0 Å². The zero-order valence-corrected chi connectivity index (χ0v) is 7.76. The molecule has 0 saturated carbocycles. The number of hydrogen-bond acceptors (Lipinski definition) is 1. The van der Waals surface area contributed by atoms with Gasteiger partial charge in [0.2, 0.25) is 0 Å². The molecule has 0 saturated heterocycles. The molecular weight excluding hydrogens is 148 g/mol. The Morgan fingerprint density at radius 1 is 1.08 bits per heavy atom. The first-order valence-electron chi connectivity index (χ1n) is 3.77. The van der Waals surface area contributed by atoms with Crippen molar-refractivity contribution < 1.29 is 5.11 Å². The molecule has 1 nitrogen and oxygen atoms in total. The first-order valence-corrected chi connectivity index (χ1v) is 3.77. The summed E-state index contributed by atoms with van der Waals surface area (Å²) in [6, 6.07) is 8.21. The van der Waals surface area contributed by atoms with Crippen LogP contribution in [-0.4, -0.2) is 12.2 Å². The van der Waals surface area contributed by atoms with Gasteiger partial charge in [-0.3, -0.25) is 0 Å². The highest BCUT2D eigenvalue weighted by atomic mass is 16.2. The van der Waals surface area contributed by atoms with Crippen molar-refractivity contribution in [2.45, 2.75) is 13.8 Å². The fourth-order valence-electron chi connectivity index (χ4n) is 0.781. The first-order chi connectivity index (χ1) is 5.83. The summed E-state index contributed by atoms with van der Waals surface area (Å²) >= 11 is 0. The van der Waals surface area contributed by atoms with E-state index < -0.39 is 0 Å². The number of rotatable bonds is 0. The third-order valence-electron chi connectivity index (χ3n) is 1.32. The summed E-state index contributed by atoms with van der Waals surface area (Å²) in [7, 11) is 1.00. The molecule has 0 aliphatic carbocycles. The molecule has 0 amide bonds. The van der Waals surface area contributed by atoms with Crippen LogP contribution < -0.4 is 0 Å². The highest BCUT2D eigenvalue weighted by Crippen LogP contribution is 2.00. The molecule has 1 aromatic rings. The molecule has 0 spiro atoms. The Morgan fingerprint density at radius 2 is 1.58 bits per heavy atom. The van der Waals surface area contributed by atoms with Crippen LogP contribution in [0.25, 0.3) is 0 Å². The molecule has 0 aliphatic heterocycles. The van der Waals surface area contributed by atoms with Crippen molar-refractivity contribution >= 4 is 0 Å². The van der Waals surface area contributed by atoms with Gasteiger partial charge in [0.1, 0.15) is 0 Å². The van der Waals surface area contributed by atoms with E-state index >= 15 is 0 Å². The third-order valence-corrected chi connectivity index (χ3v) is 1.32. The van der Waals surface area contributed by atoms with Gasteiger partial charge in [-0.1, -0.05) is 23.6 Å². The molecule has 0 aromatic heterocycles. The Morgan fingerprint density at radius 3 is 2.00 bits per heavy atom. The third kappa shape index (κ3) is 3.80. The molecule has 0 radical (unpaired) electrons. The van der Waals surface area contributed by atoms with Crippen molar-refractivity contribution in [3.8, 4) is 11.8 Å². The molecule has 0 aliphatic rings. The maximum Gasteiger partial charge on any atom is 0.0319 e. The maximum absolute atomic E-state index is 7.00. The summed E-state index contributed by atoms with van der Waals surface area (Å²) in [5.41, 5.74) is 2.37. The largest absolute Gasteiger partial charge is 0.400 e. The van der Waals surface area contributed by atoms with E-state index in [0.29, 0.717) is 0 Å². The van der Waals surface area contributed by atoms with Gasteiger partial charge in [0.05, 0.1) is 0 Å². The zero-order valence-electron chi connectivity index (χ0n) is 7.76. The van der Waals surface area contributed by atoms with Gasteiger partial charge in [-0.15, -0.1) is 5.92 Å². The Labute approximate surface area is 74.1 Å². The van der Waals surface area contributed by atoms with E-state index in [1.54, 1.807) is 0 Å². The standard InChI is InChI=1S/C10H10.CH4O/c1-3-4-10-7-5-9(2)6-8-10;1-2/h5-8H,1-2H3;2H,1H3. The van der Waals surface area contributed by atoms with Gasteiger partial charge >= 0.3 is 0 Å². The highest BCUT2D eigenvalue weighted by molar-refractivity contribution is 5.35. The quantitative estimate of drug-likeness (QED) is 0.578. The van der Waals surface area contributed by atoms with Crippen LogP contribution in [-0.2, 0) is 0 Å². The van der Waals surface area contributed by atoms with E-state index in [-0.39, 0.29) is 0 Å². The molecule has 0 atom stereocenters. The minimum atomic E-state index is 1.00. The normalized spacial score (nSPS) is 7.33. The number of aliphatic hydroxyl groups is 1. The van der Waals surface area contributed by atoms with Gasteiger partial charge in [-0.25, -0.2) is 0 Å². The zero-order chi connectivity index (χ0) is 9.40. The predicted molar refractivity (Wildman–Crippen MR) is 51.9 cm³/mol. The molecule has 0 bridgehead atoms. The van der Waals surface area contributed by atoms with E-state index in [9.17, 15) is 0 Å². The van der Waals surface area contributed by atoms with Crippen molar-refractivity contribution in [3.63, 3.8) is 0 Å². The van der Waals surface area contributed by atoms with Crippen molar-refractivity contribution in [2.24, 2.45) is 0 Å². The fourth-order valence-corrected chi connectivity index (χ4v) is 0.781. The average molecular weight is 162 g/mol. The molecular formula is C11H14O. The predicted octanol–water partition coefficient (Wildman–Crippen LogP) is 1.97.